The van der Waals surface area contributed by atoms with Crippen molar-refractivity contribution in [2.24, 2.45) is 0 Å². The zero-order valence-electron chi connectivity index (χ0n) is 11.3. The summed E-state index contributed by atoms with van der Waals surface area (Å²) in [7, 11) is 0. The van der Waals surface area contributed by atoms with Gasteiger partial charge in [0.05, 0.1) is 25.2 Å². The lowest BCUT2D eigenvalue weighted by atomic mass is 10.1. The second-order valence-electron chi connectivity index (χ2n) is 4.22. The van der Waals surface area contributed by atoms with Crippen LogP contribution in [0.1, 0.15) is 22.3 Å². The number of ether oxygens (including phenoxy) is 1. The van der Waals surface area contributed by atoms with Gasteiger partial charge in [0.15, 0.2) is 0 Å². The van der Waals surface area contributed by atoms with Crippen LogP contribution in [0.5, 0.6) is 0 Å². The SMILES string of the molecule is C=CCCOCCNC(=O)Cc1ccc(C(=O)O)cc1. The quantitative estimate of drug-likeness (QED) is 0.531. The van der Waals surface area contributed by atoms with Gasteiger partial charge in [-0.05, 0) is 24.1 Å². The van der Waals surface area contributed by atoms with Gasteiger partial charge in [0, 0.05) is 6.54 Å². The number of carbonyl (C=O) groups excluding carboxylic acids is 1. The van der Waals surface area contributed by atoms with E-state index in [0.717, 1.165) is 12.0 Å². The maximum absolute atomic E-state index is 11.6. The molecule has 0 saturated carbocycles. The molecule has 5 heteroatoms. The fourth-order valence-electron chi connectivity index (χ4n) is 1.54. The van der Waals surface area contributed by atoms with Crippen molar-refractivity contribution in [3.63, 3.8) is 0 Å². The third-order valence-electron chi connectivity index (χ3n) is 2.60. The summed E-state index contributed by atoms with van der Waals surface area (Å²) in [6.07, 6.45) is 2.80. The van der Waals surface area contributed by atoms with E-state index in [-0.39, 0.29) is 17.9 Å². The number of hydrogen-bond donors (Lipinski definition) is 2. The summed E-state index contributed by atoms with van der Waals surface area (Å²) in [5.41, 5.74) is 0.991. The van der Waals surface area contributed by atoms with Crippen LogP contribution in [0.4, 0.5) is 0 Å². The molecule has 0 unspecified atom stereocenters. The molecule has 0 aliphatic heterocycles. The molecular weight excluding hydrogens is 258 g/mol. The summed E-state index contributed by atoms with van der Waals surface area (Å²) < 4.78 is 5.27. The average Bonchev–Trinajstić information content (AvgIpc) is 2.43. The van der Waals surface area contributed by atoms with Gasteiger partial charge in [-0.3, -0.25) is 4.79 Å². The minimum absolute atomic E-state index is 0.111. The van der Waals surface area contributed by atoms with Gasteiger partial charge >= 0.3 is 5.97 Å². The molecule has 2 N–H and O–H groups in total. The topological polar surface area (TPSA) is 75.6 Å². The van der Waals surface area contributed by atoms with Gasteiger partial charge in [-0.25, -0.2) is 4.79 Å². The molecule has 1 amide bonds. The van der Waals surface area contributed by atoms with Crippen molar-refractivity contribution in [3.8, 4) is 0 Å². The highest BCUT2D eigenvalue weighted by atomic mass is 16.5. The van der Waals surface area contributed by atoms with Crippen molar-refractivity contribution in [3.05, 3.63) is 48.0 Å². The number of carboxylic acid groups (broad SMARTS) is 1. The van der Waals surface area contributed by atoms with E-state index in [9.17, 15) is 9.59 Å². The van der Waals surface area contributed by atoms with E-state index in [2.05, 4.69) is 11.9 Å². The van der Waals surface area contributed by atoms with Gasteiger partial charge in [0.25, 0.3) is 0 Å². The zero-order valence-corrected chi connectivity index (χ0v) is 11.3. The van der Waals surface area contributed by atoms with Gasteiger partial charge in [0.2, 0.25) is 5.91 Å². The van der Waals surface area contributed by atoms with E-state index >= 15 is 0 Å². The van der Waals surface area contributed by atoms with E-state index < -0.39 is 5.97 Å². The van der Waals surface area contributed by atoms with Crippen LogP contribution >= 0.6 is 0 Å². The molecule has 0 aliphatic carbocycles. The molecule has 108 valence electrons. The Morgan fingerprint density at radius 3 is 2.55 bits per heavy atom. The summed E-state index contributed by atoms with van der Waals surface area (Å²) in [6, 6.07) is 6.26. The Morgan fingerprint density at radius 2 is 1.95 bits per heavy atom. The van der Waals surface area contributed by atoms with Crippen LogP contribution in [0, 0.1) is 0 Å². The van der Waals surface area contributed by atoms with Gasteiger partial charge in [0.1, 0.15) is 0 Å². The van der Waals surface area contributed by atoms with Gasteiger partial charge in [-0.2, -0.15) is 0 Å². The summed E-state index contributed by atoms with van der Waals surface area (Å²) in [4.78, 5) is 22.3. The molecule has 0 saturated heterocycles. The molecule has 0 aromatic heterocycles. The summed E-state index contributed by atoms with van der Waals surface area (Å²) >= 11 is 0. The number of nitrogens with one attached hydrogen (secondary N) is 1. The molecule has 0 spiro atoms. The standard InChI is InChI=1S/C15H19NO4/c1-2-3-9-20-10-8-16-14(17)11-12-4-6-13(7-5-12)15(18)19/h2,4-7H,1,3,8-11H2,(H,16,17)(H,18,19). The highest BCUT2D eigenvalue weighted by molar-refractivity contribution is 5.87. The Kier molecular flexibility index (Phi) is 7.06. The molecule has 1 rings (SSSR count). The molecule has 0 bridgehead atoms. The van der Waals surface area contributed by atoms with Crippen LogP contribution in [0.2, 0.25) is 0 Å². The highest BCUT2D eigenvalue weighted by Gasteiger charge is 2.05. The number of amides is 1. The van der Waals surface area contributed by atoms with Crippen LogP contribution in [0.25, 0.3) is 0 Å². The number of carbonyl (C=O) groups is 2. The third kappa shape index (κ3) is 6.15. The van der Waals surface area contributed by atoms with Gasteiger partial charge in [-0.1, -0.05) is 18.2 Å². The summed E-state index contributed by atoms with van der Waals surface area (Å²) in [5, 5.41) is 11.5. The van der Waals surface area contributed by atoms with Crippen LogP contribution in [0.15, 0.2) is 36.9 Å². The average molecular weight is 277 g/mol. The number of carboxylic acids is 1. The Balaban J connectivity index is 2.24. The Bertz CT molecular complexity index is 453. The number of hydrogen-bond acceptors (Lipinski definition) is 3. The Morgan fingerprint density at radius 1 is 1.25 bits per heavy atom. The van der Waals surface area contributed by atoms with E-state index in [1.807, 2.05) is 0 Å². The lowest BCUT2D eigenvalue weighted by Crippen LogP contribution is -2.28. The smallest absolute Gasteiger partial charge is 0.335 e. The van der Waals surface area contributed by atoms with E-state index in [4.69, 9.17) is 9.84 Å². The predicted molar refractivity (Wildman–Crippen MR) is 75.7 cm³/mol. The predicted octanol–water partition coefficient (Wildman–Crippen LogP) is 1.64. The molecule has 1 aromatic rings. The maximum atomic E-state index is 11.6. The molecule has 0 atom stereocenters. The molecule has 0 fully saturated rings. The molecule has 0 heterocycles. The monoisotopic (exact) mass is 277 g/mol. The fourth-order valence-corrected chi connectivity index (χ4v) is 1.54. The minimum Gasteiger partial charge on any atom is -0.478 e. The second kappa shape index (κ2) is 8.87. The van der Waals surface area contributed by atoms with Gasteiger partial charge in [-0.15, -0.1) is 6.58 Å². The molecule has 1 aromatic carbocycles. The van der Waals surface area contributed by atoms with E-state index in [0.29, 0.717) is 19.8 Å². The molecule has 0 aliphatic rings. The van der Waals surface area contributed by atoms with Crippen molar-refractivity contribution in [1.82, 2.24) is 5.32 Å². The van der Waals surface area contributed by atoms with Crippen LogP contribution in [-0.4, -0.2) is 36.7 Å². The van der Waals surface area contributed by atoms with Crippen molar-refractivity contribution in [2.45, 2.75) is 12.8 Å². The van der Waals surface area contributed by atoms with E-state index in [1.54, 1.807) is 18.2 Å². The minimum atomic E-state index is -0.974. The zero-order chi connectivity index (χ0) is 14.8. The van der Waals surface area contributed by atoms with Crippen LogP contribution in [-0.2, 0) is 16.0 Å². The molecule has 0 radical (unpaired) electrons. The molecular formula is C15H19NO4. The van der Waals surface area contributed by atoms with Crippen molar-refractivity contribution < 1.29 is 19.4 Å². The number of rotatable bonds is 9. The van der Waals surface area contributed by atoms with Crippen molar-refractivity contribution in [1.29, 1.82) is 0 Å². The fraction of sp³-hybridized carbons (Fsp3) is 0.333. The third-order valence-corrected chi connectivity index (χ3v) is 2.60. The largest absolute Gasteiger partial charge is 0.478 e. The first-order chi connectivity index (χ1) is 9.63. The molecule has 5 nitrogen and oxygen atoms in total. The first kappa shape index (κ1) is 15.9. The first-order valence-corrected chi connectivity index (χ1v) is 6.41. The highest BCUT2D eigenvalue weighted by Crippen LogP contribution is 2.05. The maximum Gasteiger partial charge on any atom is 0.335 e. The number of aromatic carboxylic acids is 1. The first-order valence-electron chi connectivity index (χ1n) is 6.41. The lowest BCUT2D eigenvalue weighted by Gasteiger charge is -2.06. The Labute approximate surface area is 118 Å². The van der Waals surface area contributed by atoms with Crippen molar-refractivity contribution >= 4 is 11.9 Å². The summed E-state index contributed by atoms with van der Waals surface area (Å²) in [5.74, 6) is -1.09. The van der Waals surface area contributed by atoms with Crippen LogP contribution in [0.3, 0.4) is 0 Å². The Hall–Kier alpha value is -2.14. The van der Waals surface area contributed by atoms with E-state index in [1.165, 1.54) is 12.1 Å². The van der Waals surface area contributed by atoms with Crippen molar-refractivity contribution in [2.75, 3.05) is 19.8 Å². The number of benzene rings is 1. The normalized spacial score (nSPS) is 10.0. The van der Waals surface area contributed by atoms with Gasteiger partial charge < -0.3 is 15.2 Å². The van der Waals surface area contributed by atoms with Crippen LogP contribution < -0.4 is 5.32 Å². The second-order valence-corrected chi connectivity index (χ2v) is 4.22. The molecule has 20 heavy (non-hydrogen) atoms. The lowest BCUT2D eigenvalue weighted by molar-refractivity contribution is -0.120. The summed E-state index contributed by atoms with van der Waals surface area (Å²) in [6.45, 7) is 5.12.